The molecule has 0 aliphatic carbocycles. The molecule has 0 saturated carbocycles. The summed E-state index contributed by atoms with van der Waals surface area (Å²) in [6, 6.07) is 0. The van der Waals surface area contributed by atoms with Crippen LogP contribution in [-0.4, -0.2) is 13.2 Å². The first-order valence-electron chi connectivity index (χ1n) is 3.62. The third-order valence-corrected chi connectivity index (χ3v) is 1.76. The summed E-state index contributed by atoms with van der Waals surface area (Å²) in [4.78, 5) is 0. The third-order valence-electron chi connectivity index (χ3n) is 1.76. The number of halogens is 2. The van der Waals surface area contributed by atoms with Crippen LogP contribution >= 0.6 is 0 Å². The molecule has 66 valence electrons. The van der Waals surface area contributed by atoms with Gasteiger partial charge in [-0.3, -0.25) is 0 Å². The van der Waals surface area contributed by atoms with Crippen LogP contribution in [0, 0.1) is 0 Å². The van der Waals surface area contributed by atoms with E-state index >= 15 is 0 Å². The van der Waals surface area contributed by atoms with Gasteiger partial charge in [-0.05, 0) is 12.0 Å². The van der Waals surface area contributed by atoms with Gasteiger partial charge in [0, 0.05) is 5.57 Å². The highest BCUT2D eigenvalue weighted by molar-refractivity contribution is 5.39. The lowest BCUT2D eigenvalue weighted by Crippen LogP contribution is -2.11. The summed E-state index contributed by atoms with van der Waals surface area (Å²) in [6.45, 7) is 6.73. The van der Waals surface area contributed by atoms with Crippen molar-refractivity contribution in [2.45, 2.75) is 6.42 Å². The van der Waals surface area contributed by atoms with Crippen molar-refractivity contribution in [3.63, 3.8) is 0 Å². The Labute approximate surface area is 70.0 Å². The number of hydrogen-bond acceptors (Lipinski definition) is 1. The van der Waals surface area contributed by atoms with Crippen molar-refractivity contribution in [2.75, 3.05) is 13.2 Å². The first-order chi connectivity index (χ1) is 5.63. The SMILES string of the molecule is C=C(F)C1=C(C(=C)F)COCC1. The second-order valence-electron chi connectivity index (χ2n) is 2.57. The molecule has 1 nitrogen and oxygen atoms in total. The van der Waals surface area contributed by atoms with E-state index in [4.69, 9.17) is 4.74 Å². The van der Waals surface area contributed by atoms with Crippen molar-refractivity contribution in [3.8, 4) is 0 Å². The average Bonchev–Trinajstić information content (AvgIpc) is 2.04. The monoisotopic (exact) mass is 172 g/mol. The van der Waals surface area contributed by atoms with Crippen LogP contribution in [0.2, 0.25) is 0 Å². The van der Waals surface area contributed by atoms with E-state index in [1.165, 1.54) is 0 Å². The fourth-order valence-electron chi connectivity index (χ4n) is 1.13. The van der Waals surface area contributed by atoms with Crippen molar-refractivity contribution in [1.82, 2.24) is 0 Å². The van der Waals surface area contributed by atoms with Crippen molar-refractivity contribution in [1.29, 1.82) is 0 Å². The minimum absolute atomic E-state index is 0.0909. The van der Waals surface area contributed by atoms with Crippen LogP contribution in [0.15, 0.2) is 36.0 Å². The Bertz CT molecular complexity index is 227. The topological polar surface area (TPSA) is 9.23 Å². The maximum Gasteiger partial charge on any atom is 0.121 e. The Morgan fingerprint density at radius 1 is 1.17 bits per heavy atom. The molecule has 0 saturated heterocycles. The second-order valence-corrected chi connectivity index (χ2v) is 2.57. The molecule has 0 aromatic carbocycles. The lowest BCUT2D eigenvalue weighted by atomic mass is 10.0. The van der Waals surface area contributed by atoms with Gasteiger partial charge in [0.15, 0.2) is 0 Å². The molecule has 3 heteroatoms. The van der Waals surface area contributed by atoms with E-state index < -0.39 is 11.7 Å². The van der Waals surface area contributed by atoms with E-state index in [-0.39, 0.29) is 12.2 Å². The quantitative estimate of drug-likeness (QED) is 0.622. The van der Waals surface area contributed by atoms with Gasteiger partial charge >= 0.3 is 0 Å². The summed E-state index contributed by atoms with van der Waals surface area (Å²) in [5, 5.41) is 0. The largest absolute Gasteiger partial charge is 0.376 e. The fraction of sp³-hybridized carbons (Fsp3) is 0.333. The highest BCUT2D eigenvalue weighted by Crippen LogP contribution is 2.27. The van der Waals surface area contributed by atoms with Crippen LogP contribution in [-0.2, 0) is 4.74 Å². The van der Waals surface area contributed by atoms with Crippen LogP contribution in [0.1, 0.15) is 6.42 Å². The summed E-state index contributed by atoms with van der Waals surface area (Å²) in [5.74, 6) is -1.23. The predicted molar refractivity (Wildman–Crippen MR) is 43.0 cm³/mol. The van der Waals surface area contributed by atoms with Gasteiger partial charge in [0.1, 0.15) is 11.7 Å². The number of rotatable bonds is 2. The normalized spacial score (nSPS) is 17.8. The van der Waals surface area contributed by atoms with Gasteiger partial charge in [0.2, 0.25) is 0 Å². The zero-order chi connectivity index (χ0) is 9.14. The first-order valence-corrected chi connectivity index (χ1v) is 3.62. The van der Waals surface area contributed by atoms with Crippen molar-refractivity contribution >= 4 is 0 Å². The Balaban J connectivity index is 2.99. The summed E-state index contributed by atoms with van der Waals surface area (Å²) in [6.07, 6.45) is 0.369. The smallest absolute Gasteiger partial charge is 0.121 e. The molecule has 1 aliphatic rings. The molecular formula is C9H10F2O. The molecule has 0 bridgehead atoms. The summed E-state index contributed by atoms with van der Waals surface area (Å²) in [5.41, 5.74) is 0.502. The van der Waals surface area contributed by atoms with Gasteiger partial charge in [0.05, 0.1) is 13.2 Å². The molecule has 1 rings (SSSR count). The van der Waals surface area contributed by atoms with Crippen molar-refractivity contribution in [2.24, 2.45) is 0 Å². The van der Waals surface area contributed by atoms with E-state index in [9.17, 15) is 8.78 Å². The Hall–Kier alpha value is -0.960. The van der Waals surface area contributed by atoms with Crippen LogP contribution in [0.4, 0.5) is 8.78 Å². The van der Waals surface area contributed by atoms with Gasteiger partial charge in [-0.2, -0.15) is 0 Å². The predicted octanol–water partition coefficient (Wildman–Crippen LogP) is 2.67. The van der Waals surface area contributed by atoms with Gasteiger partial charge in [-0.15, -0.1) is 0 Å². The van der Waals surface area contributed by atoms with Crippen LogP contribution in [0.25, 0.3) is 0 Å². The fourth-order valence-corrected chi connectivity index (χ4v) is 1.13. The average molecular weight is 172 g/mol. The van der Waals surface area contributed by atoms with Gasteiger partial charge in [0.25, 0.3) is 0 Å². The summed E-state index contributed by atoms with van der Waals surface area (Å²) in [7, 11) is 0. The van der Waals surface area contributed by atoms with E-state index in [0.29, 0.717) is 18.6 Å². The van der Waals surface area contributed by atoms with E-state index in [1.54, 1.807) is 0 Å². The molecule has 0 radical (unpaired) electrons. The number of allylic oxidation sites excluding steroid dienone is 1. The highest BCUT2D eigenvalue weighted by Gasteiger charge is 2.17. The van der Waals surface area contributed by atoms with E-state index in [0.717, 1.165) is 0 Å². The molecule has 0 aromatic heterocycles. The van der Waals surface area contributed by atoms with Gasteiger partial charge in [-0.25, -0.2) is 8.78 Å². The van der Waals surface area contributed by atoms with Gasteiger partial charge < -0.3 is 4.74 Å². The Morgan fingerprint density at radius 2 is 1.75 bits per heavy atom. The number of hydrogen-bond donors (Lipinski definition) is 0. The summed E-state index contributed by atoms with van der Waals surface area (Å²) >= 11 is 0. The van der Waals surface area contributed by atoms with Crippen molar-refractivity contribution in [3.05, 3.63) is 36.0 Å². The van der Waals surface area contributed by atoms with Crippen LogP contribution in [0.3, 0.4) is 0 Å². The molecular weight excluding hydrogens is 162 g/mol. The molecule has 0 fully saturated rings. The molecule has 0 N–H and O–H groups in total. The maximum absolute atomic E-state index is 12.7. The zero-order valence-electron chi connectivity index (χ0n) is 6.70. The van der Waals surface area contributed by atoms with Gasteiger partial charge in [-0.1, -0.05) is 13.2 Å². The third kappa shape index (κ3) is 1.80. The Morgan fingerprint density at radius 3 is 2.17 bits per heavy atom. The lowest BCUT2D eigenvalue weighted by molar-refractivity contribution is 0.145. The second kappa shape index (κ2) is 3.63. The highest BCUT2D eigenvalue weighted by atomic mass is 19.1. The molecule has 0 aromatic rings. The van der Waals surface area contributed by atoms with E-state index in [2.05, 4.69) is 13.2 Å². The molecule has 1 aliphatic heterocycles. The Kier molecular flexibility index (Phi) is 2.76. The summed E-state index contributed by atoms with van der Waals surface area (Å²) < 4.78 is 30.3. The van der Waals surface area contributed by atoms with Crippen molar-refractivity contribution < 1.29 is 13.5 Å². The maximum atomic E-state index is 12.7. The van der Waals surface area contributed by atoms with Crippen LogP contribution < -0.4 is 0 Å². The molecule has 12 heavy (non-hydrogen) atoms. The minimum atomic E-state index is -0.636. The standard InChI is InChI=1S/C9H10F2O/c1-6(10)8-3-4-12-5-9(8)7(2)11/h1-5H2. The zero-order valence-corrected chi connectivity index (χ0v) is 6.70. The van der Waals surface area contributed by atoms with Crippen LogP contribution in [0.5, 0.6) is 0 Å². The van der Waals surface area contributed by atoms with E-state index in [1.807, 2.05) is 0 Å². The molecule has 1 heterocycles. The molecule has 0 atom stereocenters. The number of ether oxygens (including phenoxy) is 1. The first kappa shape index (κ1) is 9.13. The minimum Gasteiger partial charge on any atom is -0.376 e. The molecule has 0 spiro atoms. The lowest BCUT2D eigenvalue weighted by Gasteiger charge is -2.17. The molecule has 0 amide bonds. The molecule has 0 unspecified atom stereocenters.